The van der Waals surface area contributed by atoms with E-state index >= 15 is 0 Å². The van der Waals surface area contributed by atoms with E-state index in [9.17, 15) is 0 Å². The second-order valence-electron chi connectivity index (χ2n) is 3.06. The van der Waals surface area contributed by atoms with Crippen LogP contribution in [-0.2, 0) is 0 Å². The van der Waals surface area contributed by atoms with Crippen molar-refractivity contribution in [3.05, 3.63) is 36.5 Å². The van der Waals surface area contributed by atoms with Gasteiger partial charge in [-0.15, -0.1) is 0 Å². The summed E-state index contributed by atoms with van der Waals surface area (Å²) in [6, 6.07) is 2.08. The Morgan fingerprint density at radius 3 is 2.21 bits per heavy atom. The van der Waals surface area contributed by atoms with Gasteiger partial charge in [-0.05, 0) is 19.3 Å². The number of nitrogens with zero attached hydrogens (tertiary/aromatic N) is 1. The summed E-state index contributed by atoms with van der Waals surface area (Å²) in [4.78, 5) is 0. The average Bonchev–Trinajstić information content (AvgIpc) is 2.21. The third-order valence-corrected chi connectivity index (χ3v) is 1.71. The Labute approximate surface area is 87.4 Å². The molecule has 0 unspecified atom stereocenters. The molecule has 0 spiro atoms. The standard InChI is InChI=1S/C13H19N/c1-2-3-4-5-6-7-8-9-10-11-12-13-14/h4-7,10-11H,2-3,8-9,12H2,1H3/b5-4+,7-6+,11-10+. The molecule has 14 heavy (non-hydrogen) atoms. The van der Waals surface area contributed by atoms with Crippen LogP contribution in [0.25, 0.3) is 0 Å². The molecule has 0 aromatic rings. The molecule has 0 N–H and O–H groups in total. The first kappa shape index (κ1) is 12.7. The molecular weight excluding hydrogens is 170 g/mol. The quantitative estimate of drug-likeness (QED) is 0.335. The van der Waals surface area contributed by atoms with E-state index in [0.717, 1.165) is 19.3 Å². The highest BCUT2D eigenvalue weighted by molar-refractivity contribution is 5.03. The maximum absolute atomic E-state index is 8.27. The summed E-state index contributed by atoms with van der Waals surface area (Å²) in [5, 5.41) is 8.27. The van der Waals surface area contributed by atoms with Crippen molar-refractivity contribution in [3.63, 3.8) is 0 Å². The molecule has 0 atom stereocenters. The summed E-state index contributed by atoms with van der Waals surface area (Å²) in [7, 11) is 0. The van der Waals surface area contributed by atoms with Crippen LogP contribution < -0.4 is 0 Å². The number of rotatable bonds is 7. The number of hydrogen-bond donors (Lipinski definition) is 0. The number of hydrogen-bond acceptors (Lipinski definition) is 1. The molecular formula is C13H19N. The summed E-state index contributed by atoms with van der Waals surface area (Å²) in [5.41, 5.74) is 0. The number of nitriles is 1. The van der Waals surface area contributed by atoms with Gasteiger partial charge in [-0.2, -0.15) is 5.26 Å². The molecule has 0 aliphatic rings. The maximum atomic E-state index is 8.27. The van der Waals surface area contributed by atoms with Crippen molar-refractivity contribution in [3.8, 4) is 6.07 Å². The van der Waals surface area contributed by atoms with Gasteiger partial charge in [0, 0.05) is 0 Å². The van der Waals surface area contributed by atoms with Gasteiger partial charge in [0.05, 0.1) is 12.5 Å². The van der Waals surface area contributed by atoms with E-state index in [1.165, 1.54) is 6.42 Å². The molecule has 0 aliphatic heterocycles. The van der Waals surface area contributed by atoms with Crippen LogP contribution in [0.3, 0.4) is 0 Å². The van der Waals surface area contributed by atoms with E-state index in [0.29, 0.717) is 6.42 Å². The fourth-order valence-electron chi connectivity index (χ4n) is 0.963. The van der Waals surface area contributed by atoms with Crippen LogP contribution >= 0.6 is 0 Å². The SMILES string of the molecule is CCC/C=C/C=C/CC/C=C/CC#N. The summed E-state index contributed by atoms with van der Waals surface area (Å²) in [5.74, 6) is 0. The molecule has 0 saturated heterocycles. The molecule has 76 valence electrons. The zero-order valence-electron chi connectivity index (χ0n) is 8.95. The monoisotopic (exact) mass is 189 g/mol. The van der Waals surface area contributed by atoms with Crippen LogP contribution in [-0.4, -0.2) is 0 Å². The first-order valence-electron chi connectivity index (χ1n) is 5.25. The molecule has 0 aliphatic carbocycles. The molecule has 0 saturated carbocycles. The molecule has 1 heteroatoms. The molecule has 1 nitrogen and oxygen atoms in total. The largest absolute Gasteiger partial charge is 0.198 e. The van der Waals surface area contributed by atoms with Crippen molar-refractivity contribution in [1.82, 2.24) is 0 Å². The predicted octanol–water partition coefficient (Wildman–Crippen LogP) is 4.15. The summed E-state index contributed by atoms with van der Waals surface area (Å²) in [6.45, 7) is 2.17. The minimum Gasteiger partial charge on any atom is -0.198 e. The van der Waals surface area contributed by atoms with Gasteiger partial charge in [-0.3, -0.25) is 0 Å². The highest BCUT2D eigenvalue weighted by atomic mass is 14.2. The zero-order valence-corrected chi connectivity index (χ0v) is 8.95. The third-order valence-electron chi connectivity index (χ3n) is 1.71. The van der Waals surface area contributed by atoms with Gasteiger partial charge in [0.25, 0.3) is 0 Å². The highest BCUT2D eigenvalue weighted by Crippen LogP contribution is 1.95. The van der Waals surface area contributed by atoms with E-state index in [1.54, 1.807) is 0 Å². The van der Waals surface area contributed by atoms with Crippen LogP contribution in [0.2, 0.25) is 0 Å². The van der Waals surface area contributed by atoms with E-state index in [1.807, 2.05) is 6.08 Å². The maximum Gasteiger partial charge on any atom is 0.0663 e. The Morgan fingerprint density at radius 1 is 0.929 bits per heavy atom. The van der Waals surface area contributed by atoms with Gasteiger partial charge >= 0.3 is 0 Å². The highest BCUT2D eigenvalue weighted by Gasteiger charge is 1.76. The van der Waals surface area contributed by atoms with Crippen molar-refractivity contribution in [2.24, 2.45) is 0 Å². The van der Waals surface area contributed by atoms with Gasteiger partial charge in [0.2, 0.25) is 0 Å². The Hall–Kier alpha value is -1.29. The fourth-order valence-corrected chi connectivity index (χ4v) is 0.963. The smallest absolute Gasteiger partial charge is 0.0663 e. The molecule has 0 bridgehead atoms. The first-order chi connectivity index (χ1) is 6.91. The number of unbranched alkanes of at least 4 members (excludes halogenated alkanes) is 2. The lowest BCUT2D eigenvalue weighted by Crippen LogP contribution is -1.65. The minimum absolute atomic E-state index is 0.528. The van der Waals surface area contributed by atoms with Crippen molar-refractivity contribution in [1.29, 1.82) is 5.26 Å². The lowest BCUT2D eigenvalue weighted by molar-refractivity contribution is 0.958. The molecule has 0 fully saturated rings. The normalized spacial score (nSPS) is 11.7. The lowest BCUT2D eigenvalue weighted by Gasteiger charge is -1.84. The fraction of sp³-hybridized carbons (Fsp3) is 0.462. The Kier molecular flexibility index (Phi) is 10.6. The van der Waals surface area contributed by atoms with Crippen LogP contribution in [0.1, 0.15) is 39.0 Å². The average molecular weight is 189 g/mol. The van der Waals surface area contributed by atoms with Crippen molar-refractivity contribution < 1.29 is 0 Å². The van der Waals surface area contributed by atoms with Crippen molar-refractivity contribution in [2.45, 2.75) is 39.0 Å². The summed E-state index contributed by atoms with van der Waals surface area (Å²) < 4.78 is 0. The topological polar surface area (TPSA) is 23.8 Å². The van der Waals surface area contributed by atoms with E-state index in [4.69, 9.17) is 5.26 Å². The van der Waals surface area contributed by atoms with Gasteiger partial charge in [0.1, 0.15) is 0 Å². The zero-order chi connectivity index (χ0) is 10.5. The van der Waals surface area contributed by atoms with Gasteiger partial charge in [0.15, 0.2) is 0 Å². The minimum atomic E-state index is 0.528. The Bertz CT molecular complexity index is 228. The van der Waals surface area contributed by atoms with E-state index in [-0.39, 0.29) is 0 Å². The second kappa shape index (κ2) is 11.7. The summed E-state index contributed by atoms with van der Waals surface area (Å²) in [6.07, 6.45) is 17.5. The third kappa shape index (κ3) is 10.7. The van der Waals surface area contributed by atoms with Crippen molar-refractivity contribution >= 4 is 0 Å². The summed E-state index contributed by atoms with van der Waals surface area (Å²) >= 11 is 0. The van der Waals surface area contributed by atoms with Gasteiger partial charge < -0.3 is 0 Å². The van der Waals surface area contributed by atoms with Crippen molar-refractivity contribution in [2.75, 3.05) is 0 Å². The van der Waals surface area contributed by atoms with Gasteiger partial charge in [-0.1, -0.05) is 49.8 Å². The molecule has 0 amide bonds. The molecule has 0 aromatic carbocycles. The predicted molar refractivity (Wildman–Crippen MR) is 61.8 cm³/mol. The van der Waals surface area contributed by atoms with Crippen LogP contribution in [0.5, 0.6) is 0 Å². The lowest BCUT2D eigenvalue weighted by atomic mass is 10.2. The molecule has 0 radical (unpaired) electrons. The van der Waals surface area contributed by atoms with Crippen LogP contribution in [0, 0.1) is 11.3 Å². The van der Waals surface area contributed by atoms with Gasteiger partial charge in [-0.25, -0.2) is 0 Å². The Balaban J connectivity index is 3.31. The molecule has 0 aromatic heterocycles. The molecule has 0 heterocycles. The molecule has 0 rings (SSSR count). The van der Waals surface area contributed by atoms with E-state index in [2.05, 4.69) is 43.4 Å². The second-order valence-corrected chi connectivity index (χ2v) is 3.06. The van der Waals surface area contributed by atoms with Crippen LogP contribution in [0.4, 0.5) is 0 Å². The first-order valence-corrected chi connectivity index (χ1v) is 5.25. The number of allylic oxidation sites excluding steroid dienone is 6. The Morgan fingerprint density at radius 2 is 1.57 bits per heavy atom. The van der Waals surface area contributed by atoms with E-state index < -0.39 is 0 Å². The van der Waals surface area contributed by atoms with Crippen LogP contribution in [0.15, 0.2) is 36.5 Å².